The summed E-state index contributed by atoms with van der Waals surface area (Å²) in [7, 11) is 0. The number of likely N-dealkylation sites (tertiary alicyclic amines) is 1. The number of nitrogens with zero attached hydrogens (tertiary/aromatic N) is 1. The molecule has 3 N–H and O–H groups in total. The molecule has 1 fully saturated rings. The number of nitrogens with two attached hydrogens (primary N) is 1. The Hall–Kier alpha value is -2.40. The zero-order valence-corrected chi connectivity index (χ0v) is 13.0. The van der Waals surface area contributed by atoms with Gasteiger partial charge < -0.3 is 16.0 Å². The molecule has 0 spiro atoms. The Kier molecular flexibility index (Phi) is 4.57. The molecule has 0 saturated carbocycles. The third-order valence-electron chi connectivity index (χ3n) is 4.25. The predicted molar refractivity (Wildman–Crippen MR) is 89.8 cm³/mol. The lowest BCUT2D eigenvalue weighted by molar-refractivity contribution is -0.131. The molecule has 1 aliphatic heterocycles. The fourth-order valence-electron chi connectivity index (χ4n) is 2.98. The Morgan fingerprint density at radius 2 is 1.96 bits per heavy atom. The van der Waals surface area contributed by atoms with Crippen molar-refractivity contribution in [2.45, 2.75) is 18.9 Å². The number of carbonyl (C=O) groups is 2. The van der Waals surface area contributed by atoms with Crippen LogP contribution in [0.25, 0.3) is 10.8 Å². The van der Waals surface area contributed by atoms with Crippen molar-refractivity contribution in [2.75, 3.05) is 19.6 Å². The van der Waals surface area contributed by atoms with Crippen molar-refractivity contribution in [3.8, 4) is 0 Å². The van der Waals surface area contributed by atoms with Crippen molar-refractivity contribution < 1.29 is 9.59 Å². The van der Waals surface area contributed by atoms with Crippen molar-refractivity contribution in [2.24, 2.45) is 5.73 Å². The average molecular weight is 311 g/mol. The summed E-state index contributed by atoms with van der Waals surface area (Å²) in [4.78, 5) is 25.9. The Balaban J connectivity index is 1.58. The quantitative estimate of drug-likeness (QED) is 0.886. The van der Waals surface area contributed by atoms with Crippen molar-refractivity contribution >= 4 is 22.6 Å². The summed E-state index contributed by atoms with van der Waals surface area (Å²) >= 11 is 0. The van der Waals surface area contributed by atoms with Gasteiger partial charge in [0.25, 0.3) is 0 Å². The lowest BCUT2D eigenvalue weighted by atomic mass is 10.0. The van der Waals surface area contributed by atoms with E-state index in [1.807, 2.05) is 42.5 Å². The van der Waals surface area contributed by atoms with Crippen LogP contribution in [0.2, 0.25) is 0 Å². The molecular formula is C18H21N3O2. The highest BCUT2D eigenvalue weighted by molar-refractivity contribution is 5.91. The van der Waals surface area contributed by atoms with Crippen LogP contribution >= 0.6 is 0 Å². The van der Waals surface area contributed by atoms with Crippen LogP contribution in [0.4, 0.5) is 0 Å². The van der Waals surface area contributed by atoms with E-state index in [1.54, 1.807) is 4.90 Å². The molecular weight excluding hydrogens is 290 g/mol. The largest absolute Gasteiger partial charge is 0.347 e. The maximum absolute atomic E-state index is 12.1. The minimum absolute atomic E-state index is 0.0380. The van der Waals surface area contributed by atoms with Gasteiger partial charge in [0.05, 0.1) is 13.0 Å². The zero-order valence-electron chi connectivity index (χ0n) is 13.0. The smallest absolute Gasteiger partial charge is 0.242 e. The summed E-state index contributed by atoms with van der Waals surface area (Å²) < 4.78 is 0. The van der Waals surface area contributed by atoms with E-state index in [9.17, 15) is 9.59 Å². The number of carbonyl (C=O) groups excluding carboxylic acids is 2. The first-order chi connectivity index (χ1) is 11.1. The third-order valence-corrected chi connectivity index (χ3v) is 4.25. The molecule has 1 atom stereocenters. The fourth-order valence-corrected chi connectivity index (χ4v) is 2.98. The minimum Gasteiger partial charge on any atom is -0.347 e. The van der Waals surface area contributed by atoms with Gasteiger partial charge in [0.15, 0.2) is 0 Å². The molecule has 0 aromatic heterocycles. The molecule has 1 aliphatic rings. The van der Waals surface area contributed by atoms with Gasteiger partial charge in [-0.2, -0.15) is 0 Å². The highest BCUT2D eigenvalue weighted by Gasteiger charge is 2.23. The summed E-state index contributed by atoms with van der Waals surface area (Å²) in [6, 6.07) is 14.0. The minimum atomic E-state index is -0.141. The first-order valence-electron chi connectivity index (χ1n) is 7.90. The molecule has 2 aromatic rings. The molecule has 0 aliphatic carbocycles. The van der Waals surface area contributed by atoms with Gasteiger partial charge in [-0.1, -0.05) is 42.5 Å². The Morgan fingerprint density at radius 3 is 2.74 bits per heavy atom. The van der Waals surface area contributed by atoms with Crippen LogP contribution in [-0.4, -0.2) is 42.4 Å². The molecule has 0 unspecified atom stereocenters. The molecule has 23 heavy (non-hydrogen) atoms. The van der Waals surface area contributed by atoms with E-state index >= 15 is 0 Å². The monoisotopic (exact) mass is 311 g/mol. The average Bonchev–Trinajstić information content (AvgIpc) is 2.99. The first-order valence-corrected chi connectivity index (χ1v) is 7.90. The summed E-state index contributed by atoms with van der Waals surface area (Å²) in [6.07, 6.45) is 1.10. The Bertz CT molecular complexity index is 724. The molecule has 2 amide bonds. The molecule has 3 rings (SSSR count). The van der Waals surface area contributed by atoms with Gasteiger partial charge in [-0.15, -0.1) is 0 Å². The summed E-state index contributed by atoms with van der Waals surface area (Å²) in [5.74, 6) is -0.206. The van der Waals surface area contributed by atoms with Crippen molar-refractivity contribution in [3.05, 3.63) is 48.0 Å². The van der Waals surface area contributed by atoms with E-state index in [0.717, 1.165) is 22.8 Å². The second-order valence-electron chi connectivity index (χ2n) is 5.98. The number of fused-ring (bicyclic) bond motifs is 1. The van der Waals surface area contributed by atoms with Crippen LogP contribution in [-0.2, 0) is 16.0 Å². The Labute approximate surface area is 135 Å². The topological polar surface area (TPSA) is 75.4 Å². The highest BCUT2D eigenvalue weighted by atomic mass is 16.2. The van der Waals surface area contributed by atoms with Gasteiger partial charge in [0, 0.05) is 19.1 Å². The normalized spacial score (nSPS) is 17.4. The SMILES string of the molecule is N[C@@H]1CCN(C(=O)CNC(=O)Cc2cccc3ccccc23)C1. The van der Waals surface area contributed by atoms with Crippen LogP contribution in [0.1, 0.15) is 12.0 Å². The van der Waals surface area contributed by atoms with Crippen LogP contribution in [0.5, 0.6) is 0 Å². The van der Waals surface area contributed by atoms with Crippen LogP contribution in [0.3, 0.4) is 0 Å². The number of nitrogens with one attached hydrogen (secondary N) is 1. The van der Waals surface area contributed by atoms with E-state index in [1.165, 1.54) is 0 Å². The van der Waals surface area contributed by atoms with Crippen LogP contribution < -0.4 is 11.1 Å². The number of rotatable bonds is 4. The second-order valence-corrected chi connectivity index (χ2v) is 5.98. The van der Waals surface area contributed by atoms with Crippen LogP contribution in [0.15, 0.2) is 42.5 Å². The highest BCUT2D eigenvalue weighted by Crippen LogP contribution is 2.18. The molecule has 1 saturated heterocycles. The van der Waals surface area contributed by atoms with E-state index in [-0.39, 0.29) is 30.8 Å². The summed E-state index contributed by atoms with van der Waals surface area (Å²) in [6.45, 7) is 1.30. The number of hydrogen-bond acceptors (Lipinski definition) is 3. The molecule has 0 bridgehead atoms. The van der Waals surface area contributed by atoms with Gasteiger partial charge in [0.1, 0.15) is 0 Å². The lowest BCUT2D eigenvalue weighted by Gasteiger charge is -2.16. The van der Waals surface area contributed by atoms with Gasteiger partial charge in [0.2, 0.25) is 11.8 Å². The number of hydrogen-bond donors (Lipinski definition) is 2. The van der Waals surface area contributed by atoms with Crippen molar-refractivity contribution in [1.29, 1.82) is 0 Å². The predicted octanol–water partition coefficient (Wildman–Crippen LogP) is 1.06. The van der Waals surface area contributed by atoms with E-state index in [0.29, 0.717) is 13.1 Å². The van der Waals surface area contributed by atoms with Crippen molar-refractivity contribution in [3.63, 3.8) is 0 Å². The number of benzene rings is 2. The standard InChI is InChI=1S/C18H21N3O2/c19-15-8-9-21(12-15)18(23)11-20-17(22)10-14-6-3-5-13-4-1-2-7-16(13)14/h1-7,15H,8-12,19H2,(H,20,22)/t15-/m1/s1. The second kappa shape index (κ2) is 6.79. The van der Waals surface area contributed by atoms with Gasteiger partial charge in [-0.3, -0.25) is 9.59 Å². The fraction of sp³-hybridized carbons (Fsp3) is 0.333. The van der Waals surface area contributed by atoms with Crippen LogP contribution in [0, 0.1) is 0 Å². The molecule has 5 heteroatoms. The van der Waals surface area contributed by atoms with Crippen molar-refractivity contribution in [1.82, 2.24) is 10.2 Å². The number of amides is 2. The van der Waals surface area contributed by atoms with Gasteiger partial charge >= 0.3 is 0 Å². The molecule has 120 valence electrons. The van der Waals surface area contributed by atoms with E-state index < -0.39 is 0 Å². The first kappa shape index (κ1) is 15.5. The molecule has 0 radical (unpaired) electrons. The summed E-state index contributed by atoms with van der Waals surface area (Å²) in [5.41, 5.74) is 6.76. The molecule has 2 aromatic carbocycles. The Morgan fingerprint density at radius 1 is 1.17 bits per heavy atom. The van der Waals surface area contributed by atoms with Gasteiger partial charge in [-0.25, -0.2) is 0 Å². The van der Waals surface area contributed by atoms with Gasteiger partial charge in [-0.05, 0) is 22.8 Å². The molecule has 1 heterocycles. The zero-order chi connectivity index (χ0) is 16.2. The van der Waals surface area contributed by atoms with E-state index in [4.69, 9.17) is 5.73 Å². The van der Waals surface area contributed by atoms with E-state index in [2.05, 4.69) is 5.32 Å². The maximum Gasteiger partial charge on any atom is 0.242 e. The maximum atomic E-state index is 12.1. The molecule has 5 nitrogen and oxygen atoms in total. The summed E-state index contributed by atoms with van der Waals surface area (Å²) in [5, 5.41) is 4.90. The third kappa shape index (κ3) is 3.68. The lowest BCUT2D eigenvalue weighted by Crippen LogP contribution is -2.40.